The van der Waals surface area contributed by atoms with Gasteiger partial charge in [-0.1, -0.05) is 23.2 Å². The van der Waals surface area contributed by atoms with E-state index in [1.165, 1.54) is 0 Å². The molecular formula is C19H23Cl2N3O3. The summed E-state index contributed by atoms with van der Waals surface area (Å²) in [6.07, 6.45) is 2.01. The Kier molecular flexibility index (Phi) is 7.01. The molecule has 0 bridgehead atoms. The molecule has 0 unspecified atom stereocenters. The van der Waals surface area contributed by atoms with Gasteiger partial charge in [-0.25, -0.2) is 0 Å². The van der Waals surface area contributed by atoms with Crippen LogP contribution in [-0.4, -0.2) is 54.8 Å². The number of benzene rings is 1. The molecule has 0 radical (unpaired) electrons. The number of ether oxygens (including phenoxy) is 2. The van der Waals surface area contributed by atoms with E-state index in [-0.39, 0.29) is 18.6 Å². The van der Waals surface area contributed by atoms with Crippen molar-refractivity contribution in [3.63, 3.8) is 0 Å². The van der Waals surface area contributed by atoms with E-state index < -0.39 is 0 Å². The van der Waals surface area contributed by atoms with Crippen molar-refractivity contribution in [3.05, 3.63) is 52.3 Å². The molecule has 3 rings (SSSR count). The summed E-state index contributed by atoms with van der Waals surface area (Å²) >= 11 is 11.9. The van der Waals surface area contributed by atoms with Crippen molar-refractivity contribution >= 4 is 29.1 Å². The first-order valence-electron chi connectivity index (χ1n) is 8.82. The van der Waals surface area contributed by atoms with Crippen LogP contribution in [0.2, 0.25) is 10.0 Å². The van der Waals surface area contributed by atoms with Gasteiger partial charge in [0.1, 0.15) is 5.75 Å². The second-order valence-electron chi connectivity index (χ2n) is 6.38. The lowest BCUT2D eigenvalue weighted by atomic mass is 10.1. The summed E-state index contributed by atoms with van der Waals surface area (Å²) in [6.45, 7) is 3.46. The SMILES string of the molecule is Cn1cccc1[C@@H](CNC(=O)COc1ccc(Cl)cc1Cl)N1CCOCC1. The van der Waals surface area contributed by atoms with Gasteiger partial charge in [-0.2, -0.15) is 0 Å². The number of morpholine rings is 1. The lowest BCUT2D eigenvalue weighted by Crippen LogP contribution is -2.45. The van der Waals surface area contributed by atoms with E-state index in [0.717, 1.165) is 18.8 Å². The van der Waals surface area contributed by atoms with Crippen molar-refractivity contribution in [3.8, 4) is 5.75 Å². The molecule has 1 N–H and O–H groups in total. The maximum atomic E-state index is 12.3. The van der Waals surface area contributed by atoms with Crippen LogP contribution in [0.15, 0.2) is 36.5 Å². The van der Waals surface area contributed by atoms with Gasteiger partial charge in [0.15, 0.2) is 6.61 Å². The van der Waals surface area contributed by atoms with Gasteiger partial charge in [-0.05, 0) is 30.3 Å². The number of amides is 1. The molecule has 0 saturated carbocycles. The number of carbonyl (C=O) groups excluding carboxylic acids is 1. The monoisotopic (exact) mass is 411 g/mol. The standard InChI is InChI=1S/C19H23Cl2N3O3/c1-23-6-2-3-16(23)17(24-7-9-26-10-8-24)12-22-19(25)13-27-18-5-4-14(20)11-15(18)21/h2-6,11,17H,7-10,12-13H2,1H3,(H,22,25)/t17-/m1/s1. The molecule has 2 aromatic rings. The third-order valence-corrected chi connectivity index (χ3v) is 5.09. The molecule has 1 aliphatic heterocycles. The maximum Gasteiger partial charge on any atom is 0.258 e. The minimum absolute atomic E-state index is 0.0805. The van der Waals surface area contributed by atoms with E-state index in [4.69, 9.17) is 32.7 Å². The van der Waals surface area contributed by atoms with Gasteiger partial charge < -0.3 is 19.4 Å². The fourth-order valence-corrected chi connectivity index (χ4v) is 3.59. The molecule has 1 amide bonds. The van der Waals surface area contributed by atoms with Crippen molar-refractivity contribution in [2.75, 3.05) is 39.5 Å². The zero-order valence-electron chi connectivity index (χ0n) is 15.2. The minimum atomic E-state index is -0.200. The molecular weight excluding hydrogens is 389 g/mol. The Morgan fingerprint density at radius 1 is 1.30 bits per heavy atom. The van der Waals surface area contributed by atoms with Gasteiger partial charge in [0.25, 0.3) is 5.91 Å². The average molecular weight is 412 g/mol. The molecule has 1 aromatic carbocycles. The second-order valence-corrected chi connectivity index (χ2v) is 7.22. The van der Waals surface area contributed by atoms with Crippen molar-refractivity contribution < 1.29 is 14.3 Å². The second kappa shape index (κ2) is 9.46. The number of rotatable bonds is 7. The van der Waals surface area contributed by atoms with E-state index in [1.54, 1.807) is 18.2 Å². The number of halogens is 2. The van der Waals surface area contributed by atoms with Gasteiger partial charge in [0, 0.05) is 43.6 Å². The first kappa shape index (κ1) is 20.0. The molecule has 1 saturated heterocycles. The molecule has 1 aliphatic rings. The Hall–Kier alpha value is -1.73. The molecule has 8 heteroatoms. The molecule has 1 aromatic heterocycles. The number of nitrogens with zero attached hydrogens (tertiary/aromatic N) is 2. The maximum absolute atomic E-state index is 12.3. The summed E-state index contributed by atoms with van der Waals surface area (Å²) in [5.74, 6) is 0.233. The van der Waals surface area contributed by atoms with Crippen LogP contribution in [0.5, 0.6) is 5.75 Å². The molecule has 27 heavy (non-hydrogen) atoms. The third kappa shape index (κ3) is 5.39. The van der Waals surface area contributed by atoms with Gasteiger partial charge in [0.2, 0.25) is 0 Å². The highest BCUT2D eigenvalue weighted by atomic mass is 35.5. The Morgan fingerprint density at radius 2 is 2.07 bits per heavy atom. The minimum Gasteiger partial charge on any atom is -0.482 e. The Bertz CT molecular complexity index is 775. The van der Waals surface area contributed by atoms with Crippen LogP contribution in [0.25, 0.3) is 0 Å². The highest BCUT2D eigenvalue weighted by molar-refractivity contribution is 6.35. The number of aryl methyl sites for hydroxylation is 1. The van der Waals surface area contributed by atoms with Crippen molar-refractivity contribution in [2.45, 2.75) is 6.04 Å². The van der Waals surface area contributed by atoms with E-state index in [2.05, 4.69) is 20.9 Å². The summed E-state index contributed by atoms with van der Waals surface area (Å²) in [5, 5.41) is 3.87. The summed E-state index contributed by atoms with van der Waals surface area (Å²) < 4.78 is 13.0. The van der Waals surface area contributed by atoms with Gasteiger partial charge in [-0.15, -0.1) is 0 Å². The number of carbonyl (C=O) groups is 1. The predicted octanol–water partition coefficient (Wildman–Crippen LogP) is 2.90. The van der Waals surface area contributed by atoms with Gasteiger partial charge in [0.05, 0.1) is 24.3 Å². The van der Waals surface area contributed by atoms with E-state index in [9.17, 15) is 4.79 Å². The predicted molar refractivity (Wildman–Crippen MR) is 106 cm³/mol. The van der Waals surface area contributed by atoms with Crippen LogP contribution < -0.4 is 10.1 Å². The van der Waals surface area contributed by atoms with Crippen molar-refractivity contribution in [1.29, 1.82) is 0 Å². The van der Waals surface area contributed by atoms with Crippen LogP contribution in [0.3, 0.4) is 0 Å². The average Bonchev–Trinajstić information content (AvgIpc) is 3.08. The summed E-state index contributed by atoms with van der Waals surface area (Å²) in [4.78, 5) is 14.6. The lowest BCUT2D eigenvalue weighted by Gasteiger charge is -2.34. The molecule has 146 valence electrons. The number of hydrogen-bond donors (Lipinski definition) is 1. The molecule has 0 aliphatic carbocycles. The third-order valence-electron chi connectivity index (χ3n) is 4.56. The first-order valence-corrected chi connectivity index (χ1v) is 9.58. The number of nitrogens with one attached hydrogen (secondary N) is 1. The quantitative estimate of drug-likeness (QED) is 0.760. The fourth-order valence-electron chi connectivity index (χ4n) is 3.13. The smallest absolute Gasteiger partial charge is 0.258 e. The molecule has 6 nitrogen and oxygen atoms in total. The molecule has 0 spiro atoms. The van der Waals surface area contributed by atoms with Crippen LogP contribution in [0.4, 0.5) is 0 Å². The zero-order valence-corrected chi connectivity index (χ0v) is 16.7. The van der Waals surface area contributed by atoms with E-state index in [0.29, 0.717) is 35.6 Å². The number of aromatic nitrogens is 1. The Morgan fingerprint density at radius 3 is 2.74 bits per heavy atom. The zero-order chi connectivity index (χ0) is 19.2. The van der Waals surface area contributed by atoms with Crippen LogP contribution in [-0.2, 0) is 16.6 Å². The topological polar surface area (TPSA) is 55.7 Å². The highest BCUT2D eigenvalue weighted by Crippen LogP contribution is 2.27. The number of hydrogen-bond acceptors (Lipinski definition) is 4. The van der Waals surface area contributed by atoms with Gasteiger partial charge in [-0.3, -0.25) is 9.69 Å². The van der Waals surface area contributed by atoms with Crippen molar-refractivity contribution in [2.24, 2.45) is 7.05 Å². The fraction of sp³-hybridized carbons (Fsp3) is 0.421. The summed E-state index contributed by atoms with van der Waals surface area (Å²) in [5.41, 5.74) is 1.15. The highest BCUT2D eigenvalue weighted by Gasteiger charge is 2.25. The molecule has 2 heterocycles. The largest absolute Gasteiger partial charge is 0.482 e. The first-order chi connectivity index (χ1) is 13.0. The Balaban J connectivity index is 1.57. The van der Waals surface area contributed by atoms with Crippen molar-refractivity contribution in [1.82, 2.24) is 14.8 Å². The van der Waals surface area contributed by atoms with E-state index >= 15 is 0 Å². The summed E-state index contributed by atoms with van der Waals surface area (Å²) in [7, 11) is 2.01. The van der Waals surface area contributed by atoms with Crippen LogP contribution in [0, 0.1) is 0 Å². The van der Waals surface area contributed by atoms with E-state index in [1.807, 2.05) is 19.3 Å². The Labute approximate surface area is 168 Å². The molecule has 1 atom stereocenters. The van der Waals surface area contributed by atoms with Gasteiger partial charge >= 0.3 is 0 Å². The lowest BCUT2D eigenvalue weighted by molar-refractivity contribution is -0.123. The van der Waals surface area contributed by atoms with Crippen LogP contribution in [0.1, 0.15) is 11.7 Å². The summed E-state index contributed by atoms with van der Waals surface area (Å²) in [6, 6.07) is 9.08. The molecule has 1 fully saturated rings. The van der Waals surface area contributed by atoms with Crippen LogP contribution >= 0.6 is 23.2 Å². The normalized spacial score (nSPS) is 16.1.